The molecule has 0 bridgehead atoms. The molecular weight excluding hydrogens is 240 g/mol. The number of alkyl halides is 2. The Balaban J connectivity index is 3.00. The summed E-state index contributed by atoms with van der Waals surface area (Å²) in [6.07, 6.45) is -0.991. The molecule has 0 aromatic heterocycles. The van der Waals surface area contributed by atoms with E-state index in [1.54, 1.807) is 12.1 Å². The van der Waals surface area contributed by atoms with Gasteiger partial charge in [0.2, 0.25) is 0 Å². The first-order chi connectivity index (χ1) is 8.60. The lowest BCUT2D eigenvalue weighted by molar-refractivity contribution is -0.143. The van der Waals surface area contributed by atoms with E-state index in [0.717, 1.165) is 0 Å². The molecule has 98 valence electrons. The molecule has 1 aromatic rings. The lowest BCUT2D eigenvalue weighted by atomic mass is 10.0. The summed E-state index contributed by atoms with van der Waals surface area (Å²) >= 11 is 0. The van der Waals surface area contributed by atoms with Crippen molar-refractivity contribution in [2.45, 2.75) is 12.5 Å². The highest BCUT2D eigenvalue weighted by Crippen LogP contribution is 2.23. The first-order valence-electron chi connectivity index (χ1n) is 5.40. The van der Waals surface area contributed by atoms with Crippen molar-refractivity contribution in [3.63, 3.8) is 0 Å². The quantitative estimate of drug-likeness (QED) is 0.627. The van der Waals surface area contributed by atoms with E-state index in [-0.39, 0.29) is 5.56 Å². The van der Waals surface area contributed by atoms with Crippen LogP contribution in [0.3, 0.4) is 0 Å². The second-order valence-electron chi connectivity index (χ2n) is 3.62. The van der Waals surface area contributed by atoms with Crippen LogP contribution in [0.5, 0.6) is 0 Å². The number of hydrogen-bond acceptors (Lipinski definition) is 3. The topological polar surface area (TPSA) is 38.3 Å². The molecule has 1 rings (SSSR count). The minimum atomic E-state index is -2.57. The molecule has 0 spiro atoms. The molecule has 0 aliphatic rings. The summed E-state index contributed by atoms with van der Waals surface area (Å²) in [5, 5.41) is 2.87. The van der Waals surface area contributed by atoms with Crippen molar-refractivity contribution in [1.82, 2.24) is 5.32 Å². The van der Waals surface area contributed by atoms with Gasteiger partial charge in [0.15, 0.2) is 0 Å². The van der Waals surface area contributed by atoms with Crippen LogP contribution in [0.25, 0.3) is 0 Å². The normalized spacial score (nSPS) is 12.2. The van der Waals surface area contributed by atoms with Crippen LogP contribution >= 0.6 is 0 Å². The van der Waals surface area contributed by atoms with Crippen molar-refractivity contribution < 1.29 is 18.3 Å². The zero-order valence-corrected chi connectivity index (χ0v) is 10.0. The Morgan fingerprint density at radius 1 is 1.50 bits per heavy atom. The van der Waals surface area contributed by atoms with Gasteiger partial charge in [0.1, 0.15) is 6.04 Å². The number of ether oxygens (including phenoxy) is 1. The summed E-state index contributed by atoms with van der Waals surface area (Å²) in [6, 6.07) is 4.93. The lowest BCUT2D eigenvalue weighted by Crippen LogP contribution is -2.29. The minimum absolute atomic E-state index is 0.123. The molecule has 0 aliphatic carbocycles. The van der Waals surface area contributed by atoms with Crippen molar-refractivity contribution in [3.05, 3.63) is 48.0 Å². The van der Waals surface area contributed by atoms with Crippen LogP contribution in [-0.2, 0) is 9.53 Å². The largest absolute Gasteiger partial charge is 0.468 e. The standard InChI is InChI=1S/C13H15F2NO2/c1-3-7-16-11(13(17)18-2)9-5-4-6-10(8-9)12(14)15/h3-6,8,11-12,16H,1,7H2,2H3. The maximum absolute atomic E-state index is 12.6. The Kier molecular flexibility index (Phi) is 5.45. The molecule has 0 saturated heterocycles. The van der Waals surface area contributed by atoms with E-state index >= 15 is 0 Å². The number of hydrogen-bond donors (Lipinski definition) is 1. The number of carbonyl (C=O) groups is 1. The third kappa shape index (κ3) is 3.63. The fourth-order valence-electron chi connectivity index (χ4n) is 1.53. The first-order valence-corrected chi connectivity index (χ1v) is 5.40. The molecule has 0 heterocycles. The predicted octanol–water partition coefficient (Wildman–Crippen LogP) is 2.61. The van der Waals surface area contributed by atoms with Gasteiger partial charge in [-0.2, -0.15) is 0 Å². The zero-order chi connectivity index (χ0) is 13.5. The van der Waals surface area contributed by atoms with Crippen LogP contribution in [-0.4, -0.2) is 19.6 Å². The predicted molar refractivity (Wildman–Crippen MR) is 64.4 cm³/mol. The lowest BCUT2D eigenvalue weighted by Gasteiger charge is -2.16. The Morgan fingerprint density at radius 3 is 2.72 bits per heavy atom. The van der Waals surface area contributed by atoms with Crippen molar-refractivity contribution in [2.75, 3.05) is 13.7 Å². The molecule has 1 atom stereocenters. The molecule has 0 aliphatic heterocycles. The highest BCUT2D eigenvalue weighted by atomic mass is 19.3. The average molecular weight is 255 g/mol. The summed E-state index contributed by atoms with van der Waals surface area (Å²) in [4.78, 5) is 11.6. The van der Waals surface area contributed by atoms with Gasteiger partial charge >= 0.3 is 5.97 Å². The van der Waals surface area contributed by atoms with Crippen molar-refractivity contribution >= 4 is 5.97 Å². The first kappa shape index (κ1) is 14.3. The summed E-state index contributed by atoms with van der Waals surface area (Å²) < 4.78 is 29.8. The third-order valence-electron chi connectivity index (χ3n) is 2.40. The summed E-state index contributed by atoms with van der Waals surface area (Å²) in [6.45, 7) is 3.90. The third-order valence-corrected chi connectivity index (χ3v) is 2.40. The van der Waals surface area contributed by atoms with Gasteiger partial charge in [-0.15, -0.1) is 6.58 Å². The minimum Gasteiger partial charge on any atom is -0.468 e. The number of halogens is 2. The molecular formula is C13H15F2NO2. The summed E-state index contributed by atoms with van der Waals surface area (Å²) in [5.74, 6) is -0.525. The van der Waals surface area contributed by atoms with Crippen molar-refractivity contribution in [3.8, 4) is 0 Å². The zero-order valence-electron chi connectivity index (χ0n) is 10.0. The molecule has 3 nitrogen and oxygen atoms in total. The number of rotatable bonds is 6. The van der Waals surface area contributed by atoms with Gasteiger partial charge in [-0.1, -0.05) is 24.3 Å². The van der Waals surface area contributed by atoms with Gasteiger partial charge in [-0.25, -0.2) is 13.6 Å². The van der Waals surface area contributed by atoms with E-state index in [0.29, 0.717) is 12.1 Å². The molecule has 1 aromatic carbocycles. The number of benzene rings is 1. The fraction of sp³-hybridized carbons (Fsp3) is 0.308. The van der Waals surface area contributed by atoms with Gasteiger partial charge < -0.3 is 4.74 Å². The second-order valence-corrected chi connectivity index (χ2v) is 3.62. The fourth-order valence-corrected chi connectivity index (χ4v) is 1.53. The molecule has 18 heavy (non-hydrogen) atoms. The van der Waals surface area contributed by atoms with Crippen LogP contribution in [0.1, 0.15) is 23.6 Å². The van der Waals surface area contributed by atoms with E-state index in [4.69, 9.17) is 0 Å². The molecule has 0 amide bonds. The SMILES string of the molecule is C=CCNC(C(=O)OC)c1cccc(C(F)F)c1. The molecule has 1 N–H and O–H groups in total. The maximum Gasteiger partial charge on any atom is 0.327 e. The van der Waals surface area contributed by atoms with Crippen LogP contribution in [0.4, 0.5) is 8.78 Å². The Labute approximate surface area is 104 Å². The van der Waals surface area contributed by atoms with Crippen molar-refractivity contribution in [2.24, 2.45) is 0 Å². The maximum atomic E-state index is 12.6. The number of carbonyl (C=O) groups excluding carboxylic acids is 1. The molecule has 0 saturated carbocycles. The van der Waals surface area contributed by atoms with Gasteiger partial charge in [0.05, 0.1) is 7.11 Å². The second kappa shape index (κ2) is 6.86. The monoisotopic (exact) mass is 255 g/mol. The highest BCUT2D eigenvalue weighted by Gasteiger charge is 2.21. The van der Waals surface area contributed by atoms with Gasteiger partial charge in [-0.3, -0.25) is 5.32 Å². The smallest absolute Gasteiger partial charge is 0.327 e. The average Bonchev–Trinajstić information content (AvgIpc) is 2.39. The van der Waals surface area contributed by atoms with E-state index in [1.165, 1.54) is 25.3 Å². The van der Waals surface area contributed by atoms with Crippen LogP contribution in [0.2, 0.25) is 0 Å². The summed E-state index contributed by atoms with van der Waals surface area (Å²) in [5.41, 5.74) is 0.323. The number of methoxy groups -OCH3 is 1. The highest BCUT2D eigenvalue weighted by molar-refractivity contribution is 5.77. The Morgan fingerprint density at radius 2 is 2.17 bits per heavy atom. The Hall–Kier alpha value is -1.75. The molecule has 5 heteroatoms. The number of nitrogens with one attached hydrogen (secondary N) is 1. The van der Waals surface area contributed by atoms with Gasteiger partial charge in [0.25, 0.3) is 6.43 Å². The van der Waals surface area contributed by atoms with E-state index < -0.39 is 18.4 Å². The van der Waals surface area contributed by atoms with Crippen molar-refractivity contribution in [1.29, 1.82) is 0 Å². The summed E-state index contributed by atoms with van der Waals surface area (Å²) in [7, 11) is 1.25. The van der Waals surface area contributed by atoms with Gasteiger partial charge in [-0.05, 0) is 11.6 Å². The molecule has 1 unspecified atom stereocenters. The number of esters is 1. The molecule has 0 radical (unpaired) electrons. The van der Waals surface area contributed by atoms with Crippen LogP contribution in [0, 0.1) is 0 Å². The van der Waals surface area contributed by atoms with Crippen LogP contribution < -0.4 is 5.32 Å². The molecule has 0 fully saturated rings. The van der Waals surface area contributed by atoms with E-state index in [2.05, 4.69) is 16.6 Å². The Bertz CT molecular complexity index is 421. The van der Waals surface area contributed by atoms with Crippen LogP contribution in [0.15, 0.2) is 36.9 Å². The van der Waals surface area contributed by atoms with E-state index in [9.17, 15) is 13.6 Å². The van der Waals surface area contributed by atoms with Gasteiger partial charge in [0, 0.05) is 12.1 Å². The van der Waals surface area contributed by atoms with E-state index in [1.807, 2.05) is 0 Å².